The molecule has 1 amide bonds. The third kappa shape index (κ3) is 3.26. The van der Waals surface area contributed by atoms with Gasteiger partial charge in [0.1, 0.15) is 0 Å². The molecule has 0 saturated heterocycles. The van der Waals surface area contributed by atoms with Crippen LogP contribution < -0.4 is 15.8 Å². The van der Waals surface area contributed by atoms with Gasteiger partial charge < -0.3 is 15.8 Å². The maximum atomic E-state index is 13.1. The number of aromatic nitrogens is 3. The molecule has 1 aliphatic carbocycles. The molecular formula is C21H21N5O2. The van der Waals surface area contributed by atoms with Crippen molar-refractivity contribution in [1.29, 1.82) is 0 Å². The summed E-state index contributed by atoms with van der Waals surface area (Å²) in [5.74, 6) is 0.756. The lowest BCUT2D eigenvalue weighted by Crippen LogP contribution is -2.46. The highest BCUT2D eigenvalue weighted by molar-refractivity contribution is 5.99. The molecule has 0 unspecified atom stereocenters. The molecular weight excluding hydrogens is 354 g/mol. The Labute approximate surface area is 163 Å². The van der Waals surface area contributed by atoms with Crippen molar-refractivity contribution in [2.45, 2.75) is 24.7 Å². The van der Waals surface area contributed by atoms with E-state index in [0.717, 1.165) is 36.0 Å². The largest absolute Gasteiger partial charge is 0.481 e. The Morgan fingerprint density at radius 2 is 1.71 bits per heavy atom. The fourth-order valence-corrected chi connectivity index (χ4v) is 3.47. The van der Waals surface area contributed by atoms with E-state index in [1.807, 2.05) is 24.3 Å². The smallest absolute Gasteiger partial charge is 0.235 e. The summed E-state index contributed by atoms with van der Waals surface area (Å²) < 4.78 is 5.06. The molecule has 3 aromatic rings. The monoisotopic (exact) mass is 375 g/mol. The number of nitrogen functional groups attached to an aromatic ring is 1. The summed E-state index contributed by atoms with van der Waals surface area (Å²) in [7, 11) is 1.56. The maximum absolute atomic E-state index is 13.1. The van der Waals surface area contributed by atoms with Crippen LogP contribution in [0.25, 0.3) is 11.1 Å². The number of ether oxygens (including phenoxy) is 1. The van der Waals surface area contributed by atoms with Crippen LogP contribution in [0.5, 0.6) is 5.88 Å². The van der Waals surface area contributed by atoms with E-state index < -0.39 is 5.41 Å². The Morgan fingerprint density at radius 1 is 1.00 bits per heavy atom. The zero-order chi connectivity index (χ0) is 19.6. The van der Waals surface area contributed by atoms with E-state index in [-0.39, 0.29) is 11.9 Å². The van der Waals surface area contributed by atoms with Gasteiger partial charge in [0, 0.05) is 24.0 Å². The molecule has 3 N–H and O–H groups in total. The van der Waals surface area contributed by atoms with E-state index in [9.17, 15) is 4.79 Å². The van der Waals surface area contributed by atoms with Crippen molar-refractivity contribution in [3.05, 3.63) is 60.6 Å². The highest BCUT2D eigenvalue weighted by Gasteiger charge is 2.45. The molecule has 1 fully saturated rings. The molecule has 0 bridgehead atoms. The zero-order valence-electron chi connectivity index (χ0n) is 15.6. The second kappa shape index (κ2) is 7.26. The predicted molar refractivity (Wildman–Crippen MR) is 107 cm³/mol. The van der Waals surface area contributed by atoms with Gasteiger partial charge in [-0.15, -0.1) is 0 Å². The molecule has 0 spiro atoms. The van der Waals surface area contributed by atoms with Crippen molar-refractivity contribution in [1.82, 2.24) is 15.0 Å². The van der Waals surface area contributed by atoms with Crippen LogP contribution in [0.15, 0.2) is 55.0 Å². The highest BCUT2D eigenvalue weighted by Crippen LogP contribution is 2.45. The summed E-state index contributed by atoms with van der Waals surface area (Å²) in [4.78, 5) is 25.3. The Kier molecular flexibility index (Phi) is 4.65. The number of benzene rings is 1. The predicted octanol–water partition coefficient (Wildman–Crippen LogP) is 3.19. The van der Waals surface area contributed by atoms with Gasteiger partial charge in [-0.2, -0.15) is 0 Å². The zero-order valence-corrected chi connectivity index (χ0v) is 15.6. The molecule has 7 heteroatoms. The lowest BCUT2D eigenvalue weighted by Gasteiger charge is -2.40. The van der Waals surface area contributed by atoms with Crippen molar-refractivity contribution >= 4 is 17.5 Å². The molecule has 1 saturated carbocycles. The Hall–Kier alpha value is -3.48. The number of hydrogen-bond acceptors (Lipinski definition) is 6. The first-order valence-electron chi connectivity index (χ1n) is 9.11. The quantitative estimate of drug-likeness (QED) is 0.710. The van der Waals surface area contributed by atoms with Crippen molar-refractivity contribution in [3.63, 3.8) is 0 Å². The van der Waals surface area contributed by atoms with Crippen LogP contribution in [0.2, 0.25) is 0 Å². The van der Waals surface area contributed by atoms with Crippen molar-refractivity contribution in [2.75, 3.05) is 18.2 Å². The van der Waals surface area contributed by atoms with Gasteiger partial charge in [-0.25, -0.2) is 15.0 Å². The van der Waals surface area contributed by atoms with Crippen molar-refractivity contribution < 1.29 is 9.53 Å². The maximum Gasteiger partial charge on any atom is 0.235 e. The summed E-state index contributed by atoms with van der Waals surface area (Å²) >= 11 is 0. The van der Waals surface area contributed by atoms with Crippen LogP contribution in [0, 0.1) is 0 Å². The number of pyridine rings is 1. The number of amides is 1. The Balaban J connectivity index is 1.54. The van der Waals surface area contributed by atoms with Crippen LogP contribution in [0.4, 0.5) is 11.6 Å². The van der Waals surface area contributed by atoms with Gasteiger partial charge in [-0.1, -0.05) is 30.7 Å². The van der Waals surface area contributed by atoms with Gasteiger partial charge in [0.25, 0.3) is 0 Å². The Morgan fingerprint density at radius 3 is 2.25 bits per heavy atom. The molecule has 0 aliphatic heterocycles. The number of carbonyl (C=O) groups excluding carboxylic acids is 1. The number of carbonyl (C=O) groups is 1. The van der Waals surface area contributed by atoms with E-state index in [1.54, 1.807) is 37.8 Å². The molecule has 142 valence electrons. The standard InChI is InChI=1S/C21H21N5O2/c1-28-18-8-7-17(13-23-18)26-19(27)21(9-2-10-21)16-5-3-14(4-6-16)15-11-24-20(22)25-12-15/h3-8,11-13H,2,9-10H2,1H3,(H,26,27)(H2,22,24,25). The molecule has 4 rings (SSSR count). The second-order valence-corrected chi connectivity index (χ2v) is 6.89. The third-order valence-corrected chi connectivity index (χ3v) is 5.29. The van der Waals surface area contributed by atoms with Crippen LogP contribution in [0.3, 0.4) is 0 Å². The van der Waals surface area contributed by atoms with Crippen LogP contribution >= 0.6 is 0 Å². The van der Waals surface area contributed by atoms with Crippen LogP contribution in [-0.2, 0) is 10.2 Å². The fourth-order valence-electron chi connectivity index (χ4n) is 3.47. The highest BCUT2D eigenvalue weighted by atomic mass is 16.5. The average Bonchev–Trinajstić information content (AvgIpc) is 2.69. The summed E-state index contributed by atoms with van der Waals surface area (Å²) in [6, 6.07) is 11.5. The molecule has 1 aliphatic rings. The number of nitrogens with zero attached hydrogens (tertiary/aromatic N) is 3. The van der Waals surface area contributed by atoms with E-state index in [1.165, 1.54) is 0 Å². The molecule has 0 radical (unpaired) electrons. The van der Waals surface area contributed by atoms with Crippen LogP contribution in [0.1, 0.15) is 24.8 Å². The van der Waals surface area contributed by atoms with Crippen molar-refractivity contribution in [3.8, 4) is 17.0 Å². The first-order valence-corrected chi connectivity index (χ1v) is 9.11. The number of hydrogen-bond donors (Lipinski definition) is 2. The average molecular weight is 375 g/mol. The van der Waals surface area contributed by atoms with Gasteiger partial charge in [-0.3, -0.25) is 4.79 Å². The van der Waals surface area contributed by atoms with Crippen LogP contribution in [-0.4, -0.2) is 28.0 Å². The number of anilines is 2. The summed E-state index contributed by atoms with van der Waals surface area (Å²) in [6.45, 7) is 0. The van der Waals surface area contributed by atoms with Gasteiger partial charge >= 0.3 is 0 Å². The minimum Gasteiger partial charge on any atom is -0.481 e. The lowest BCUT2D eigenvalue weighted by atomic mass is 9.63. The van der Waals surface area contributed by atoms with Gasteiger partial charge in [0.2, 0.25) is 17.7 Å². The summed E-state index contributed by atoms with van der Waals surface area (Å²) in [6.07, 6.45) is 7.67. The lowest BCUT2D eigenvalue weighted by molar-refractivity contribution is -0.124. The third-order valence-electron chi connectivity index (χ3n) is 5.29. The fraction of sp³-hybridized carbons (Fsp3) is 0.238. The molecule has 1 aromatic carbocycles. The van der Waals surface area contributed by atoms with Crippen molar-refractivity contribution in [2.24, 2.45) is 0 Å². The van der Waals surface area contributed by atoms with E-state index in [2.05, 4.69) is 20.3 Å². The number of methoxy groups -OCH3 is 1. The topological polar surface area (TPSA) is 103 Å². The van der Waals surface area contributed by atoms with E-state index in [4.69, 9.17) is 10.5 Å². The minimum atomic E-state index is -0.504. The van der Waals surface area contributed by atoms with E-state index in [0.29, 0.717) is 11.6 Å². The molecule has 2 heterocycles. The van der Waals surface area contributed by atoms with Gasteiger partial charge in [-0.05, 0) is 30.0 Å². The SMILES string of the molecule is COc1ccc(NC(=O)C2(c3ccc(-c4cnc(N)nc4)cc3)CCC2)cn1. The Bertz CT molecular complexity index is 965. The molecule has 0 atom stereocenters. The van der Waals surface area contributed by atoms with Gasteiger partial charge in [0.15, 0.2) is 0 Å². The van der Waals surface area contributed by atoms with Gasteiger partial charge in [0.05, 0.1) is 24.4 Å². The molecule has 2 aromatic heterocycles. The van der Waals surface area contributed by atoms with E-state index >= 15 is 0 Å². The second-order valence-electron chi connectivity index (χ2n) is 6.89. The number of rotatable bonds is 5. The number of nitrogens with one attached hydrogen (secondary N) is 1. The summed E-state index contributed by atoms with van der Waals surface area (Å²) in [5, 5.41) is 3.00. The minimum absolute atomic E-state index is 0.00529. The number of nitrogens with two attached hydrogens (primary N) is 1. The first kappa shape index (κ1) is 17.9. The molecule has 7 nitrogen and oxygen atoms in total. The summed E-state index contributed by atoms with van der Waals surface area (Å²) in [5.41, 5.74) is 8.58. The first-order chi connectivity index (χ1) is 13.6. The normalized spacial score (nSPS) is 14.8. The molecule has 28 heavy (non-hydrogen) atoms.